The van der Waals surface area contributed by atoms with Gasteiger partial charge in [0, 0.05) is 12.3 Å². The molecule has 0 aliphatic rings. The molecule has 0 aliphatic carbocycles. The van der Waals surface area contributed by atoms with Gasteiger partial charge < -0.3 is 9.47 Å². The Morgan fingerprint density at radius 3 is 2.57 bits per heavy atom. The van der Waals surface area contributed by atoms with Gasteiger partial charge in [0.1, 0.15) is 0 Å². The molecule has 1 aromatic heterocycles. The van der Waals surface area contributed by atoms with Crippen LogP contribution in [0.15, 0.2) is 18.5 Å². The lowest BCUT2D eigenvalue weighted by molar-refractivity contribution is 0.184. The van der Waals surface area contributed by atoms with Gasteiger partial charge in [-0.3, -0.25) is 4.98 Å². The summed E-state index contributed by atoms with van der Waals surface area (Å²) in [4.78, 5) is 3.97. The van der Waals surface area contributed by atoms with Crippen LogP contribution in [0.25, 0.3) is 0 Å². The first kappa shape index (κ1) is 10.8. The fourth-order valence-corrected chi connectivity index (χ4v) is 1.25. The Labute approximate surface area is 85.1 Å². The second kappa shape index (κ2) is 5.47. The average Bonchev–Trinajstić information content (AvgIpc) is 2.26. The molecule has 1 aromatic rings. The van der Waals surface area contributed by atoms with E-state index in [0.29, 0.717) is 5.75 Å². The minimum absolute atomic E-state index is 0.256. The monoisotopic (exact) mass is 195 g/mol. The van der Waals surface area contributed by atoms with Crippen molar-refractivity contribution in [3.63, 3.8) is 0 Å². The molecule has 14 heavy (non-hydrogen) atoms. The van der Waals surface area contributed by atoms with Crippen LogP contribution in [0.4, 0.5) is 0 Å². The molecule has 0 bridgehead atoms. The maximum atomic E-state index is 5.77. The van der Waals surface area contributed by atoms with E-state index in [1.54, 1.807) is 19.5 Å². The van der Waals surface area contributed by atoms with Crippen LogP contribution in [0, 0.1) is 0 Å². The summed E-state index contributed by atoms with van der Waals surface area (Å²) in [5.41, 5.74) is 0. The Hall–Kier alpha value is -1.25. The lowest BCUT2D eigenvalue weighted by atomic mass is 10.2. The van der Waals surface area contributed by atoms with E-state index in [-0.39, 0.29) is 6.10 Å². The third-order valence-corrected chi connectivity index (χ3v) is 2.17. The van der Waals surface area contributed by atoms with Crippen LogP contribution in [-0.2, 0) is 0 Å². The number of aromatic nitrogens is 1. The van der Waals surface area contributed by atoms with Crippen LogP contribution in [0.5, 0.6) is 11.5 Å². The van der Waals surface area contributed by atoms with Crippen LogP contribution >= 0.6 is 0 Å². The van der Waals surface area contributed by atoms with Crippen molar-refractivity contribution in [2.75, 3.05) is 7.11 Å². The van der Waals surface area contributed by atoms with Gasteiger partial charge in [-0.05, 0) is 12.8 Å². The van der Waals surface area contributed by atoms with Gasteiger partial charge in [0.05, 0.1) is 19.4 Å². The summed E-state index contributed by atoms with van der Waals surface area (Å²) in [5.74, 6) is 1.47. The minimum atomic E-state index is 0.256. The van der Waals surface area contributed by atoms with E-state index < -0.39 is 0 Å². The van der Waals surface area contributed by atoms with Crippen LogP contribution in [0.3, 0.4) is 0 Å². The number of pyridine rings is 1. The molecule has 0 saturated carbocycles. The standard InChI is InChI=1S/C11H17NO2/c1-4-9(5-2)14-10-6-7-12-8-11(10)13-3/h6-9H,4-5H2,1-3H3. The topological polar surface area (TPSA) is 31.4 Å². The number of hydrogen-bond acceptors (Lipinski definition) is 3. The molecule has 0 atom stereocenters. The summed E-state index contributed by atoms with van der Waals surface area (Å²) in [6.45, 7) is 4.23. The summed E-state index contributed by atoms with van der Waals surface area (Å²) in [7, 11) is 1.62. The largest absolute Gasteiger partial charge is 0.491 e. The molecule has 0 N–H and O–H groups in total. The van der Waals surface area contributed by atoms with Crippen LogP contribution in [-0.4, -0.2) is 18.2 Å². The van der Waals surface area contributed by atoms with Gasteiger partial charge in [0.2, 0.25) is 0 Å². The lowest BCUT2D eigenvalue weighted by Crippen LogP contribution is -2.14. The van der Waals surface area contributed by atoms with E-state index in [1.165, 1.54) is 0 Å². The Balaban J connectivity index is 2.74. The van der Waals surface area contributed by atoms with Crippen molar-refractivity contribution in [3.8, 4) is 11.5 Å². The van der Waals surface area contributed by atoms with Crippen molar-refractivity contribution >= 4 is 0 Å². The molecule has 78 valence electrons. The zero-order valence-electron chi connectivity index (χ0n) is 8.99. The summed E-state index contributed by atoms with van der Waals surface area (Å²) in [5, 5.41) is 0. The Bertz CT molecular complexity index is 272. The third-order valence-electron chi connectivity index (χ3n) is 2.17. The van der Waals surface area contributed by atoms with Gasteiger partial charge in [-0.15, -0.1) is 0 Å². The molecular formula is C11H17NO2. The first-order valence-corrected chi connectivity index (χ1v) is 4.96. The highest BCUT2D eigenvalue weighted by atomic mass is 16.5. The highest BCUT2D eigenvalue weighted by Gasteiger charge is 2.09. The second-order valence-electron chi connectivity index (χ2n) is 3.08. The van der Waals surface area contributed by atoms with Crippen LogP contribution < -0.4 is 9.47 Å². The highest BCUT2D eigenvalue weighted by molar-refractivity contribution is 5.36. The fraction of sp³-hybridized carbons (Fsp3) is 0.545. The Morgan fingerprint density at radius 2 is 2.00 bits per heavy atom. The fourth-order valence-electron chi connectivity index (χ4n) is 1.25. The van der Waals surface area contributed by atoms with E-state index in [1.807, 2.05) is 6.07 Å². The van der Waals surface area contributed by atoms with Gasteiger partial charge in [0.15, 0.2) is 11.5 Å². The summed E-state index contributed by atoms with van der Waals surface area (Å²) in [6.07, 6.45) is 5.63. The first-order valence-electron chi connectivity index (χ1n) is 4.96. The van der Waals surface area contributed by atoms with E-state index in [0.717, 1.165) is 18.6 Å². The van der Waals surface area contributed by atoms with Gasteiger partial charge in [-0.2, -0.15) is 0 Å². The maximum Gasteiger partial charge on any atom is 0.179 e. The maximum absolute atomic E-state index is 5.77. The SMILES string of the molecule is CCC(CC)Oc1ccncc1OC. The molecule has 0 radical (unpaired) electrons. The van der Waals surface area contributed by atoms with Crippen LogP contribution in [0.2, 0.25) is 0 Å². The number of methoxy groups -OCH3 is 1. The van der Waals surface area contributed by atoms with Crippen LogP contribution in [0.1, 0.15) is 26.7 Å². The van der Waals surface area contributed by atoms with E-state index in [4.69, 9.17) is 9.47 Å². The van der Waals surface area contributed by atoms with Gasteiger partial charge >= 0.3 is 0 Å². The Morgan fingerprint density at radius 1 is 1.29 bits per heavy atom. The van der Waals surface area contributed by atoms with E-state index in [9.17, 15) is 0 Å². The number of ether oxygens (including phenoxy) is 2. The van der Waals surface area contributed by atoms with Crippen molar-refractivity contribution in [3.05, 3.63) is 18.5 Å². The summed E-state index contributed by atoms with van der Waals surface area (Å²) in [6, 6.07) is 1.83. The second-order valence-corrected chi connectivity index (χ2v) is 3.08. The predicted octanol–water partition coefficient (Wildman–Crippen LogP) is 2.66. The summed E-state index contributed by atoms with van der Waals surface area (Å²) < 4.78 is 10.9. The molecule has 3 heteroatoms. The highest BCUT2D eigenvalue weighted by Crippen LogP contribution is 2.26. The van der Waals surface area contributed by atoms with Crippen molar-refractivity contribution in [2.45, 2.75) is 32.8 Å². The van der Waals surface area contributed by atoms with Gasteiger partial charge in [0.25, 0.3) is 0 Å². The van der Waals surface area contributed by atoms with Gasteiger partial charge in [-0.25, -0.2) is 0 Å². The molecule has 0 unspecified atom stereocenters. The average molecular weight is 195 g/mol. The molecule has 0 spiro atoms. The molecule has 0 amide bonds. The molecule has 0 aromatic carbocycles. The first-order chi connectivity index (χ1) is 6.81. The molecule has 0 fully saturated rings. The smallest absolute Gasteiger partial charge is 0.179 e. The number of hydrogen-bond donors (Lipinski definition) is 0. The minimum Gasteiger partial charge on any atom is -0.491 e. The predicted molar refractivity (Wildman–Crippen MR) is 55.8 cm³/mol. The lowest BCUT2D eigenvalue weighted by Gasteiger charge is -2.17. The van der Waals surface area contributed by atoms with Crippen molar-refractivity contribution < 1.29 is 9.47 Å². The molecule has 0 aliphatic heterocycles. The van der Waals surface area contributed by atoms with Crippen molar-refractivity contribution in [2.24, 2.45) is 0 Å². The zero-order chi connectivity index (χ0) is 10.4. The van der Waals surface area contributed by atoms with Crippen molar-refractivity contribution in [1.29, 1.82) is 0 Å². The normalized spacial score (nSPS) is 10.3. The zero-order valence-corrected chi connectivity index (χ0v) is 8.99. The Kier molecular flexibility index (Phi) is 4.23. The van der Waals surface area contributed by atoms with E-state index in [2.05, 4.69) is 18.8 Å². The quantitative estimate of drug-likeness (QED) is 0.723. The molecule has 1 rings (SSSR count). The van der Waals surface area contributed by atoms with Gasteiger partial charge in [-0.1, -0.05) is 13.8 Å². The number of nitrogens with zero attached hydrogens (tertiary/aromatic N) is 1. The molecule has 1 heterocycles. The molecule has 0 saturated heterocycles. The van der Waals surface area contributed by atoms with E-state index >= 15 is 0 Å². The third kappa shape index (κ3) is 2.62. The number of rotatable bonds is 5. The van der Waals surface area contributed by atoms with Crippen molar-refractivity contribution in [1.82, 2.24) is 4.98 Å². The molecular weight excluding hydrogens is 178 g/mol. The molecule has 3 nitrogen and oxygen atoms in total. The summed E-state index contributed by atoms with van der Waals surface area (Å²) >= 11 is 0.